The predicted molar refractivity (Wildman–Crippen MR) is 75.8 cm³/mol. The van der Waals surface area contributed by atoms with Crippen molar-refractivity contribution >= 4 is 5.91 Å². The van der Waals surface area contributed by atoms with E-state index in [-0.39, 0.29) is 5.91 Å². The minimum absolute atomic E-state index is 0.325. The second-order valence-electron chi connectivity index (χ2n) is 4.95. The third-order valence-corrected chi connectivity index (χ3v) is 3.49. The van der Waals surface area contributed by atoms with Gasteiger partial charge in [-0.2, -0.15) is 0 Å². The van der Waals surface area contributed by atoms with Gasteiger partial charge in [0.25, 0.3) is 5.91 Å². The number of ether oxygens (including phenoxy) is 1. The van der Waals surface area contributed by atoms with Crippen LogP contribution >= 0.6 is 0 Å². The molecule has 0 spiro atoms. The normalized spacial score (nSPS) is 18.4. The SMILES string of the molecule is CCN(Cc1cccc(C(=O)NN)n1)CC1CCCO1. The number of carbonyl (C=O) groups is 1. The second kappa shape index (κ2) is 7.33. The molecular weight excluding hydrogens is 256 g/mol. The van der Waals surface area contributed by atoms with Gasteiger partial charge in [-0.05, 0) is 31.5 Å². The molecule has 1 aromatic heterocycles. The fraction of sp³-hybridized carbons (Fsp3) is 0.571. The van der Waals surface area contributed by atoms with Crippen LogP contribution in [0.5, 0.6) is 0 Å². The van der Waals surface area contributed by atoms with Crippen molar-refractivity contribution in [2.24, 2.45) is 5.84 Å². The number of hydrogen-bond acceptors (Lipinski definition) is 5. The van der Waals surface area contributed by atoms with E-state index < -0.39 is 0 Å². The molecule has 2 heterocycles. The fourth-order valence-electron chi connectivity index (χ4n) is 2.38. The highest BCUT2D eigenvalue weighted by molar-refractivity contribution is 5.91. The molecule has 1 aliphatic heterocycles. The van der Waals surface area contributed by atoms with Gasteiger partial charge in [-0.1, -0.05) is 13.0 Å². The van der Waals surface area contributed by atoms with Crippen LogP contribution in [0.1, 0.15) is 35.9 Å². The molecule has 1 aromatic rings. The van der Waals surface area contributed by atoms with E-state index in [0.29, 0.717) is 18.3 Å². The number of nitrogens with zero attached hydrogens (tertiary/aromatic N) is 2. The molecule has 1 amide bonds. The zero-order valence-corrected chi connectivity index (χ0v) is 11.8. The highest BCUT2D eigenvalue weighted by Gasteiger charge is 2.19. The highest BCUT2D eigenvalue weighted by atomic mass is 16.5. The molecule has 0 saturated carbocycles. The van der Waals surface area contributed by atoms with Crippen LogP contribution in [0.4, 0.5) is 0 Å². The van der Waals surface area contributed by atoms with Crippen LogP contribution in [0.25, 0.3) is 0 Å². The van der Waals surface area contributed by atoms with Crippen molar-refractivity contribution in [2.75, 3.05) is 19.7 Å². The van der Waals surface area contributed by atoms with E-state index in [1.165, 1.54) is 0 Å². The van der Waals surface area contributed by atoms with Crippen LogP contribution in [-0.2, 0) is 11.3 Å². The Morgan fingerprint density at radius 1 is 1.60 bits per heavy atom. The van der Waals surface area contributed by atoms with E-state index in [1.807, 2.05) is 12.1 Å². The summed E-state index contributed by atoms with van der Waals surface area (Å²) < 4.78 is 5.66. The maximum atomic E-state index is 11.5. The van der Waals surface area contributed by atoms with Crippen LogP contribution < -0.4 is 11.3 Å². The van der Waals surface area contributed by atoms with Gasteiger partial charge in [-0.3, -0.25) is 15.1 Å². The maximum absolute atomic E-state index is 11.5. The summed E-state index contributed by atoms with van der Waals surface area (Å²) in [6.45, 7) is 5.53. The third kappa shape index (κ3) is 4.00. The molecule has 1 atom stereocenters. The first-order chi connectivity index (χ1) is 9.72. The Bertz CT molecular complexity index is 447. The number of aromatic nitrogens is 1. The van der Waals surface area contributed by atoms with Crippen molar-refractivity contribution in [2.45, 2.75) is 32.4 Å². The number of hydrogen-bond donors (Lipinski definition) is 2. The molecule has 0 bridgehead atoms. The average molecular weight is 278 g/mol. The molecule has 6 nitrogen and oxygen atoms in total. The maximum Gasteiger partial charge on any atom is 0.283 e. The van der Waals surface area contributed by atoms with Crippen LogP contribution in [-0.4, -0.2) is 41.6 Å². The smallest absolute Gasteiger partial charge is 0.283 e. The Hall–Kier alpha value is -1.50. The van der Waals surface area contributed by atoms with Crippen LogP contribution in [0, 0.1) is 0 Å². The van der Waals surface area contributed by atoms with Crippen molar-refractivity contribution in [3.8, 4) is 0 Å². The molecule has 0 radical (unpaired) electrons. The molecule has 110 valence electrons. The second-order valence-corrected chi connectivity index (χ2v) is 4.95. The summed E-state index contributed by atoms with van der Waals surface area (Å²) in [6, 6.07) is 5.40. The van der Waals surface area contributed by atoms with E-state index >= 15 is 0 Å². The van der Waals surface area contributed by atoms with Crippen LogP contribution in [0.15, 0.2) is 18.2 Å². The largest absolute Gasteiger partial charge is 0.377 e. The molecular formula is C14H22N4O2. The Labute approximate surface area is 119 Å². The van der Waals surface area contributed by atoms with Crippen molar-refractivity contribution in [3.05, 3.63) is 29.6 Å². The lowest BCUT2D eigenvalue weighted by molar-refractivity contribution is 0.0720. The topological polar surface area (TPSA) is 80.5 Å². The quantitative estimate of drug-likeness (QED) is 0.454. The molecule has 3 N–H and O–H groups in total. The highest BCUT2D eigenvalue weighted by Crippen LogP contribution is 2.14. The Kier molecular flexibility index (Phi) is 5.46. The van der Waals surface area contributed by atoms with Crippen molar-refractivity contribution in [1.29, 1.82) is 0 Å². The molecule has 0 aliphatic carbocycles. The number of nitrogens with one attached hydrogen (secondary N) is 1. The first-order valence-electron chi connectivity index (χ1n) is 7.03. The summed E-state index contributed by atoms with van der Waals surface area (Å²) in [4.78, 5) is 18.1. The first kappa shape index (κ1) is 14.9. The zero-order chi connectivity index (χ0) is 14.4. The number of likely N-dealkylation sites (N-methyl/N-ethyl adjacent to an activating group) is 1. The summed E-state index contributed by atoms with van der Waals surface area (Å²) in [5.41, 5.74) is 3.31. The van der Waals surface area contributed by atoms with Crippen LogP contribution in [0.2, 0.25) is 0 Å². The number of carbonyl (C=O) groups excluding carboxylic acids is 1. The van der Waals surface area contributed by atoms with E-state index in [2.05, 4.69) is 22.2 Å². The molecule has 2 rings (SSSR count). The fourth-order valence-corrected chi connectivity index (χ4v) is 2.38. The minimum atomic E-state index is -0.367. The molecule has 20 heavy (non-hydrogen) atoms. The minimum Gasteiger partial charge on any atom is -0.377 e. The lowest BCUT2D eigenvalue weighted by Crippen LogP contribution is -2.33. The standard InChI is InChI=1S/C14H22N4O2/c1-2-18(10-12-6-4-8-20-12)9-11-5-3-7-13(16-11)14(19)17-15/h3,5,7,12H,2,4,6,8-10,15H2,1H3,(H,17,19). The molecule has 1 aliphatic rings. The van der Waals surface area contributed by atoms with Gasteiger partial charge in [0.05, 0.1) is 11.8 Å². The van der Waals surface area contributed by atoms with Crippen molar-refractivity contribution in [1.82, 2.24) is 15.3 Å². The zero-order valence-electron chi connectivity index (χ0n) is 11.8. The molecule has 0 aromatic carbocycles. The monoisotopic (exact) mass is 278 g/mol. The van der Waals surface area contributed by atoms with Gasteiger partial charge in [-0.15, -0.1) is 0 Å². The third-order valence-electron chi connectivity index (χ3n) is 3.49. The Morgan fingerprint density at radius 2 is 2.45 bits per heavy atom. The number of hydrazine groups is 1. The summed E-state index contributed by atoms with van der Waals surface area (Å²) in [6.07, 6.45) is 2.59. The lowest BCUT2D eigenvalue weighted by Gasteiger charge is -2.23. The van der Waals surface area contributed by atoms with E-state index in [4.69, 9.17) is 10.6 Å². The predicted octanol–water partition coefficient (Wildman–Crippen LogP) is 0.686. The van der Waals surface area contributed by atoms with Gasteiger partial charge in [0.2, 0.25) is 0 Å². The molecule has 1 fully saturated rings. The van der Waals surface area contributed by atoms with Gasteiger partial charge >= 0.3 is 0 Å². The van der Waals surface area contributed by atoms with Crippen LogP contribution in [0.3, 0.4) is 0 Å². The summed E-state index contributed by atoms with van der Waals surface area (Å²) in [7, 11) is 0. The first-order valence-corrected chi connectivity index (χ1v) is 7.03. The number of rotatable bonds is 6. The number of amides is 1. The number of nitrogen functional groups attached to an aromatic ring is 1. The number of pyridine rings is 1. The van der Waals surface area contributed by atoms with Gasteiger partial charge in [0.1, 0.15) is 5.69 Å². The summed E-state index contributed by atoms with van der Waals surface area (Å²) >= 11 is 0. The molecule has 1 saturated heterocycles. The Balaban J connectivity index is 1.97. The summed E-state index contributed by atoms with van der Waals surface area (Å²) in [5, 5.41) is 0. The van der Waals surface area contributed by atoms with Gasteiger partial charge < -0.3 is 4.74 Å². The van der Waals surface area contributed by atoms with Gasteiger partial charge in [-0.25, -0.2) is 10.8 Å². The van der Waals surface area contributed by atoms with Gasteiger partial charge in [0.15, 0.2) is 0 Å². The average Bonchev–Trinajstić information content (AvgIpc) is 2.99. The Morgan fingerprint density at radius 3 is 3.10 bits per heavy atom. The lowest BCUT2D eigenvalue weighted by atomic mass is 10.2. The summed E-state index contributed by atoms with van der Waals surface area (Å²) in [5.74, 6) is 4.76. The van der Waals surface area contributed by atoms with Crippen molar-refractivity contribution < 1.29 is 9.53 Å². The van der Waals surface area contributed by atoms with E-state index in [0.717, 1.165) is 38.2 Å². The number of nitrogens with two attached hydrogens (primary N) is 1. The molecule has 1 unspecified atom stereocenters. The van der Waals surface area contributed by atoms with E-state index in [1.54, 1.807) is 6.07 Å². The van der Waals surface area contributed by atoms with E-state index in [9.17, 15) is 4.79 Å². The van der Waals surface area contributed by atoms with Crippen molar-refractivity contribution in [3.63, 3.8) is 0 Å². The van der Waals surface area contributed by atoms with Gasteiger partial charge in [0, 0.05) is 19.7 Å². The molecule has 6 heteroatoms.